The molecule has 0 aliphatic carbocycles. The highest BCUT2D eigenvalue weighted by Gasteiger charge is 2.22. The Morgan fingerprint density at radius 2 is 1.94 bits per heavy atom. The quantitative estimate of drug-likeness (QED) is 0.681. The lowest BCUT2D eigenvalue weighted by Crippen LogP contribution is -2.45. The molecule has 0 saturated heterocycles. The topological polar surface area (TPSA) is 92.4 Å². The molecule has 1 aromatic rings. The first-order valence-corrected chi connectivity index (χ1v) is 5.81. The van der Waals surface area contributed by atoms with Gasteiger partial charge in [-0.1, -0.05) is 37.3 Å². The second kappa shape index (κ2) is 6.76. The molecule has 0 spiro atoms. The fourth-order valence-corrected chi connectivity index (χ4v) is 1.47. The van der Waals surface area contributed by atoms with E-state index in [0.29, 0.717) is 0 Å². The molecule has 5 heteroatoms. The first-order chi connectivity index (χ1) is 8.54. The summed E-state index contributed by atoms with van der Waals surface area (Å²) in [4.78, 5) is 22.7. The van der Waals surface area contributed by atoms with Gasteiger partial charge in [0.1, 0.15) is 6.04 Å². The molecule has 1 unspecified atom stereocenters. The molecule has 1 rings (SSSR count). The lowest BCUT2D eigenvalue weighted by atomic mass is 10.0. The van der Waals surface area contributed by atoms with Crippen molar-refractivity contribution >= 4 is 11.9 Å². The van der Waals surface area contributed by atoms with Crippen LogP contribution in [0.3, 0.4) is 0 Å². The summed E-state index contributed by atoms with van der Waals surface area (Å²) in [5.41, 5.74) is 6.24. The molecule has 98 valence electrons. The molecule has 1 amide bonds. The lowest BCUT2D eigenvalue weighted by Gasteiger charge is -2.17. The zero-order valence-corrected chi connectivity index (χ0v) is 10.3. The highest BCUT2D eigenvalue weighted by atomic mass is 16.4. The number of carbonyl (C=O) groups is 2. The van der Waals surface area contributed by atoms with E-state index in [4.69, 9.17) is 10.8 Å². The van der Waals surface area contributed by atoms with Gasteiger partial charge in [0, 0.05) is 18.9 Å². The maximum atomic E-state index is 11.6. The van der Waals surface area contributed by atoms with Crippen molar-refractivity contribution in [3.05, 3.63) is 35.9 Å². The predicted octanol–water partition coefficient (Wildman–Crippen LogP) is 0.393. The van der Waals surface area contributed by atoms with Gasteiger partial charge in [-0.15, -0.1) is 0 Å². The number of carbonyl (C=O) groups excluding carboxylic acids is 1. The van der Waals surface area contributed by atoms with Crippen LogP contribution in [0.25, 0.3) is 0 Å². The number of nitrogens with two attached hydrogens (primary N) is 1. The molecule has 5 nitrogen and oxygen atoms in total. The van der Waals surface area contributed by atoms with Crippen LogP contribution in [0, 0.1) is 5.92 Å². The average Bonchev–Trinajstić information content (AvgIpc) is 2.37. The van der Waals surface area contributed by atoms with E-state index < -0.39 is 12.0 Å². The summed E-state index contributed by atoms with van der Waals surface area (Å²) in [5.74, 6) is -1.76. The summed E-state index contributed by atoms with van der Waals surface area (Å²) in [6.07, 6.45) is 0.263. The fraction of sp³-hybridized carbons (Fsp3) is 0.385. The molecule has 0 aromatic heterocycles. The van der Waals surface area contributed by atoms with Gasteiger partial charge in [-0.2, -0.15) is 0 Å². The van der Waals surface area contributed by atoms with Crippen molar-refractivity contribution in [2.75, 3.05) is 6.54 Å². The number of carboxylic acid groups (broad SMARTS) is 1. The number of benzene rings is 1. The van der Waals surface area contributed by atoms with Crippen LogP contribution in [-0.2, 0) is 16.0 Å². The Hall–Kier alpha value is -1.88. The SMILES string of the molecule is CC(CN)C(=O)N[C@@H](Cc1ccccc1)C(=O)O. The molecule has 4 N–H and O–H groups in total. The number of carboxylic acids is 1. The molecule has 0 heterocycles. The van der Waals surface area contributed by atoms with E-state index in [0.717, 1.165) is 5.56 Å². The molecule has 18 heavy (non-hydrogen) atoms. The first-order valence-electron chi connectivity index (χ1n) is 5.81. The van der Waals surface area contributed by atoms with Gasteiger partial charge in [-0.3, -0.25) is 4.79 Å². The minimum atomic E-state index is -1.04. The molecule has 0 saturated carbocycles. The number of amides is 1. The normalized spacial score (nSPS) is 13.7. The van der Waals surface area contributed by atoms with E-state index in [9.17, 15) is 9.59 Å². The lowest BCUT2D eigenvalue weighted by molar-refractivity contribution is -0.142. The number of aliphatic carboxylic acids is 1. The van der Waals surface area contributed by atoms with Gasteiger partial charge >= 0.3 is 5.97 Å². The predicted molar refractivity (Wildman–Crippen MR) is 67.9 cm³/mol. The molecular weight excluding hydrogens is 232 g/mol. The maximum Gasteiger partial charge on any atom is 0.326 e. The van der Waals surface area contributed by atoms with Crippen molar-refractivity contribution in [1.29, 1.82) is 0 Å². The van der Waals surface area contributed by atoms with E-state index in [2.05, 4.69) is 5.32 Å². The van der Waals surface area contributed by atoms with Crippen LogP contribution in [0.5, 0.6) is 0 Å². The van der Waals surface area contributed by atoms with Gasteiger partial charge < -0.3 is 16.2 Å². The van der Waals surface area contributed by atoms with Crippen molar-refractivity contribution in [3.63, 3.8) is 0 Å². The second-order valence-electron chi connectivity index (χ2n) is 4.23. The Balaban J connectivity index is 2.67. The van der Waals surface area contributed by atoms with Gasteiger partial charge in [0.25, 0.3) is 0 Å². The van der Waals surface area contributed by atoms with Gasteiger partial charge in [0.15, 0.2) is 0 Å². The monoisotopic (exact) mass is 250 g/mol. The van der Waals surface area contributed by atoms with E-state index in [1.807, 2.05) is 30.3 Å². The largest absolute Gasteiger partial charge is 0.480 e. The number of hydrogen-bond acceptors (Lipinski definition) is 3. The third-order valence-corrected chi connectivity index (χ3v) is 2.70. The molecule has 0 fully saturated rings. The molecule has 0 bridgehead atoms. The fourth-order valence-electron chi connectivity index (χ4n) is 1.47. The molecule has 0 aliphatic rings. The van der Waals surface area contributed by atoms with Gasteiger partial charge in [-0.25, -0.2) is 4.79 Å². The van der Waals surface area contributed by atoms with Crippen LogP contribution < -0.4 is 11.1 Å². The van der Waals surface area contributed by atoms with Gasteiger partial charge in [0.2, 0.25) is 5.91 Å². The second-order valence-corrected chi connectivity index (χ2v) is 4.23. The highest BCUT2D eigenvalue weighted by Crippen LogP contribution is 2.04. The first kappa shape index (κ1) is 14.2. The zero-order chi connectivity index (χ0) is 13.5. The summed E-state index contributed by atoms with van der Waals surface area (Å²) in [7, 11) is 0. The smallest absolute Gasteiger partial charge is 0.326 e. The maximum absolute atomic E-state index is 11.6. The van der Waals surface area contributed by atoms with E-state index in [1.54, 1.807) is 6.92 Å². The van der Waals surface area contributed by atoms with Crippen LogP contribution in [-0.4, -0.2) is 29.6 Å². The number of nitrogens with one attached hydrogen (secondary N) is 1. The Bertz CT molecular complexity index is 406. The van der Waals surface area contributed by atoms with Crippen molar-refractivity contribution in [3.8, 4) is 0 Å². The summed E-state index contributed by atoms with van der Waals surface area (Å²) >= 11 is 0. The van der Waals surface area contributed by atoms with Crippen LogP contribution in [0.1, 0.15) is 12.5 Å². The molecule has 1 aromatic carbocycles. The van der Waals surface area contributed by atoms with Crippen molar-refractivity contribution in [1.82, 2.24) is 5.32 Å². The Kier molecular flexibility index (Phi) is 5.32. The Labute approximate surface area is 106 Å². The van der Waals surface area contributed by atoms with Crippen LogP contribution in [0.4, 0.5) is 0 Å². The summed E-state index contributed by atoms with van der Waals surface area (Å²) in [6.45, 7) is 1.86. The highest BCUT2D eigenvalue weighted by molar-refractivity contribution is 5.85. The zero-order valence-electron chi connectivity index (χ0n) is 10.3. The third-order valence-electron chi connectivity index (χ3n) is 2.70. The van der Waals surface area contributed by atoms with Gasteiger partial charge in [-0.05, 0) is 5.56 Å². The number of rotatable bonds is 6. The minimum absolute atomic E-state index is 0.198. The molecule has 0 radical (unpaired) electrons. The summed E-state index contributed by atoms with van der Waals surface area (Å²) in [6, 6.07) is 8.25. The van der Waals surface area contributed by atoms with E-state index >= 15 is 0 Å². The Morgan fingerprint density at radius 1 is 1.33 bits per heavy atom. The third kappa shape index (κ3) is 4.18. The van der Waals surface area contributed by atoms with Crippen molar-refractivity contribution in [2.24, 2.45) is 11.7 Å². The van der Waals surface area contributed by atoms with Crippen LogP contribution in [0.15, 0.2) is 30.3 Å². The summed E-state index contributed by atoms with van der Waals surface area (Å²) < 4.78 is 0. The molecular formula is C13H18N2O3. The molecule has 2 atom stereocenters. The Morgan fingerprint density at radius 3 is 2.44 bits per heavy atom. The van der Waals surface area contributed by atoms with Crippen molar-refractivity contribution in [2.45, 2.75) is 19.4 Å². The minimum Gasteiger partial charge on any atom is -0.480 e. The average molecular weight is 250 g/mol. The van der Waals surface area contributed by atoms with Gasteiger partial charge in [0.05, 0.1) is 0 Å². The van der Waals surface area contributed by atoms with Crippen LogP contribution in [0.2, 0.25) is 0 Å². The standard InChI is InChI=1S/C13H18N2O3/c1-9(8-14)12(16)15-11(13(17)18)7-10-5-3-2-4-6-10/h2-6,9,11H,7-8,14H2,1H3,(H,15,16)(H,17,18)/t9?,11-/m0/s1. The number of hydrogen-bond donors (Lipinski definition) is 3. The van der Waals surface area contributed by atoms with E-state index in [1.165, 1.54) is 0 Å². The van der Waals surface area contributed by atoms with Crippen LogP contribution >= 0.6 is 0 Å². The summed E-state index contributed by atoms with van der Waals surface area (Å²) in [5, 5.41) is 11.6. The van der Waals surface area contributed by atoms with E-state index in [-0.39, 0.29) is 24.8 Å². The van der Waals surface area contributed by atoms with Crippen molar-refractivity contribution < 1.29 is 14.7 Å². The molecule has 0 aliphatic heterocycles.